The summed E-state index contributed by atoms with van der Waals surface area (Å²) in [6.45, 7) is 4.95. The Morgan fingerprint density at radius 3 is 2.78 bits per heavy atom. The minimum absolute atomic E-state index is 0.0482. The molecule has 2 N–H and O–H groups in total. The second-order valence-electron chi connectivity index (χ2n) is 7.32. The standard InChI is InChI=1S/C20H21N5O2/c1-2-24-10-14-7-13(24)11-25(14)20(27)16-8-18(12-3-5-15(26)6-4-12)22-19-17(16)9-21-23-19/h3-6,8-9,13-14,26H,2,7,10-11H2,1H3,(H,21,22,23). The number of nitrogens with one attached hydrogen (secondary N) is 1. The second-order valence-corrected chi connectivity index (χ2v) is 7.32. The molecule has 2 unspecified atom stereocenters. The van der Waals surface area contributed by atoms with E-state index in [0.717, 1.165) is 37.0 Å². The number of carbonyl (C=O) groups excluding carboxylic acids is 1. The number of carbonyl (C=O) groups is 1. The molecule has 2 aliphatic rings. The number of likely N-dealkylation sites (N-methyl/N-ethyl adjacent to an activating group) is 1. The third-order valence-electron chi connectivity index (χ3n) is 5.84. The number of aromatic amines is 1. The van der Waals surface area contributed by atoms with E-state index < -0.39 is 0 Å². The highest BCUT2D eigenvalue weighted by molar-refractivity contribution is 6.06. The van der Waals surface area contributed by atoms with Crippen molar-refractivity contribution < 1.29 is 9.90 Å². The molecule has 2 saturated heterocycles. The third kappa shape index (κ3) is 2.57. The number of rotatable bonds is 3. The molecule has 7 heteroatoms. The summed E-state index contributed by atoms with van der Waals surface area (Å²) in [4.78, 5) is 22.4. The third-order valence-corrected chi connectivity index (χ3v) is 5.84. The fourth-order valence-corrected chi connectivity index (χ4v) is 4.43. The zero-order valence-electron chi connectivity index (χ0n) is 15.1. The summed E-state index contributed by atoms with van der Waals surface area (Å²) < 4.78 is 0. The van der Waals surface area contributed by atoms with Gasteiger partial charge in [-0.1, -0.05) is 6.92 Å². The van der Waals surface area contributed by atoms with Crippen LogP contribution in [0.3, 0.4) is 0 Å². The van der Waals surface area contributed by atoms with E-state index in [0.29, 0.717) is 22.9 Å². The van der Waals surface area contributed by atoms with E-state index in [1.807, 2.05) is 11.0 Å². The van der Waals surface area contributed by atoms with Crippen molar-refractivity contribution in [2.45, 2.75) is 25.4 Å². The Kier molecular flexibility index (Phi) is 3.65. The molecule has 2 atom stereocenters. The first-order valence-corrected chi connectivity index (χ1v) is 9.32. The molecular formula is C20H21N5O2. The molecule has 7 nitrogen and oxygen atoms in total. The summed E-state index contributed by atoms with van der Waals surface area (Å²) in [6, 6.07) is 9.44. The number of hydrogen-bond donors (Lipinski definition) is 2. The average molecular weight is 363 g/mol. The Balaban J connectivity index is 1.54. The van der Waals surface area contributed by atoms with E-state index in [1.54, 1.807) is 30.5 Å². The molecule has 4 heterocycles. The van der Waals surface area contributed by atoms with Gasteiger partial charge in [0.2, 0.25) is 0 Å². The number of piperazine rings is 1. The Labute approximate surface area is 156 Å². The number of amides is 1. The van der Waals surface area contributed by atoms with Gasteiger partial charge >= 0.3 is 0 Å². The Morgan fingerprint density at radius 2 is 2.07 bits per heavy atom. The molecule has 1 amide bonds. The van der Waals surface area contributed by atoms with Crippen molar-refractivity contribution >= 4 is 16.9 Å². The Hall–Kier alpha value is -2.93. The van der Waals surface area contributed by atoms with Crippen LogP contribution in [0, 0.1) is 0 Å². The highest BCUT2D eigenvalue weighted by Crippen LogP contribution is 2.33. The highest BCUT2D eigenvalue weighted by atomic mass is 16.3. The summed E-state index contributed by atoms with van der Waals surface area (Å²) in [7, 11) is 0. The van der Waals surface area contributed by atoms with Gasteiger partial charge < -0.3 is 10.0 Å². The monoisotopic (exact) mass is 363 g/mol. The van der Waals surface area contributed by atoms with Gasteiger partial charge in [-0.15, -0.1) is 0 Å². The number of likely N-dealkylation sites (tertiary alicyclic amines) is 2. The summed E-state index contributed by atoms with van der Waals surface area (Å²) in [5.41, 5.74) is 2.77. The van der Waals surface area contributed by atoms with Crippen LogP contribution in [-0.2, 0) is 0 Å². The van der Waals surface area contributed by atoms with E-state index in [-0.39, 0.29) is 17.7 Å². The second kappa shape index (κ2) is 6.06. The van der Waals surface area contributed by atoms with Gasteiger partial charge in [0, 0.05) is 30.7 Å². The number of benzene rings is 1. The lowest BCUT2D eigenvalue weighted by atomic mass is 10.1. The fraction of sp³-hybridized carbons (Fsp3) is 0.350. The maximum Gasteiger partial charge on any atom is 0.255 e. The van der Waals surface area contributed by atoms with Crippen LogP contribution in [0.15, 0.2) is 36.5 Å². The van der Waals surface area contributed by atoms with Crippen LogP contribution in [-0.4, -0.2) is 67.7 Å². The molecule has 2 fully saturated rings. The van der Waals surface area contributed by atoms with Crippen molar-refractivity contribution in [3.63, 3.8) is 0 Å². The lowest BCUT2D eigenvalue weighted by molar-refractivity contribution is 0.0632. The van der Waals surface area contributed by atoms with Gasteiger partial charge in [0.05, 0.1) is 22.8 Å². The maximum atomic E-state index is 13.4. The number of aromatic hydroxyl groups is 1. The molecular weight excluding hydrogens is 342 g/mol. The SMILES string of the molecule is CCN1CC2CC1CN2C(=O)c1cc(-c2ccc(O)cc2)nc2[nH]ncc12. The quantitative estimate of drug-likeness (QED) is 0.745. The van der Waals surface area contributed by atoms with Gasteiger partial charge in [0.1, 0.15) is 5.75 Å². The number of phenols is 1. The van der Waals surface area contributed by atoms with Crippen molar-refractivity contribution in [3.8, 4) is 17.0 Å². The topological polar surface area (TPSA) is 85.4 Å². The smallest absolute Gasteiger partial charge is 0.255 e. The molecule has 2 bridgehead atoms. The van der Waals surface area contributed by atoms with Crippen LogP contribution in [0.25, 0.3) is 22.3 Å². The summed E-state index contributed by atoms with van der Waals surface area (Å²) in [5, 5.41) is 17.3. The van der Waals surface area contributed by atoms with Crippen LogP contribution in [0.1, 0.15) is 23.7 Å². The molecule has 0 radical (unpaired) electrons. The van der Waals surface area contributed by atoms with Gasteiger partial charge in [-0.3, -0.25) is 14.8 Å². The predicted molar refractivity (Wildman–Crippen MR) is 101 cm³/mol. The fourth-order valence-electron chi connectivity index (χ4n) is 4.43. The first-order valence-electron chi connectivity index (χ1n) is 9.32. The van der Waals surface area contributed by atoms with Crippen molar-refractivity contribution in [2.75, 3.05) is 19.6 Å². The minimum Gasteiger partial charge on any atom is -0.508 e. The first-order chi connectivity index (χ1) is 13.1. The number of fused-ring (bicyclic) bond motifs is 3. The van der Waals surface area contributed by atoms with Crippen molar-refractivity contribution in [1.82, 2.24) is 25.0 Å². The molecule has 138 valence electrons. The largest absolute Gasteiger partial charge is 0.508 e. The minimum atomic E-state index is 0.0482. The van der Waals surface area contributed by atoms with Crippen molar-refractivity contribution in [1.29, 1.82) is 0 Å². The van der Waals surface area contributed by atoms with Gasteiger partial charge in [-0.05, 0) is 43.3 Å². The van der Waals surface area contributed by atoms with E-state index in [2.05, 4.69) is 27.0 Å². The van der Waals surface area contributed by atoms with Gasteiger partial charge in [0.25, 0.3) is 5.91 Å². The van der Waals surface area contributed by atoms with Crippen molar-refractivity contribution in [3.05, 3.63) is 42.1 Å². The highest BCUT2D eigenvalue weighted by Gasteiger charge is 2.44. The van der Waals surface area contributed by atoms with Gasteiger partial charge in [0.15, 0.2) is 5.65 Å². The summed E-state index contributed by atoms with van der Waals surface area (Å²) in [6.07, 6.45) is 2.73. The van der Waals surface area contributed by atoms with Crippen LogP contribution in [0.5, 0.6) is 5.75 Å². The molecule has 2 aliphatic heterocycles. The van der Waals surface area contributed by atoms with Crippen LogP contribution < -0.4 is 0 Å². The number of hydrogen-bond acceptors (Lipinski definition) is 5. The van der Waals surface area contributed by atoms with Crippen LogP contribution in [0.2, 0.25) is 0 Å². The Morgan fingerprint density at radius 1 is 1.26 bits per heavy atom. The molecule has 2 aromatic heterocycles. The maximum absolute atomic E-state index is 13.4. The van der Waals surface area contributed by atoms with E-state index >= 15 is 0 Å². The van der Waals surface area contributed by atoms with Crippen LogP contribution >= 0.6 is 0 Å². The molecule has 0 aliphatic carbocycles. The number of pyridine rings is 1. The normalized spacial score (nSPS) is 22.0. The van der Waals surface area contributed by atoms with E-state index in [4.69, 9.17) is 0 Å². The molecule has 1 aromatic carbocycles. The number of phenolic OH excluding ortho intramolecular Hbond substituents is 1. The summed E-state index contributed by atoms with van der Waals surface area (Å²) in [5.74, 6) is 0.248. The van der Waals surface area contributed by atoms with Crippen molar-refractivity contribution in [2.24, 2.45) is 0 Å². The molecule has 0 spiro atoms. The van der Waals surface area contributed by atoms with E-state index in [1.165, 1.54) is 0 Å². The lowest BCUT2D eigenvalue weighted by Crippen LogP contribution is -2.48. The number of H-pyrrole nitrogens is 1. The molecule has 0 saturated carbocycles. The van der Waals surface area contributed by atoms with Gasteiger partial charge in [-0.2, -0.15) is 5.10 Å². The predicted octanol–water partition coefficient (Wildman–Crippen LogP) is 2.25. The summed E-state index contributed by atoms with van der Waals surface area (Å²) >= 11 is 0. The number of nitrogens with zero attached hydrogens (tertiary/aromatic N) is 4. The first kappa shape index (κ1) is 16.3. The zero-order valence-corrected chi connectivity index (χ0v) is 15.1. The molecule has 27 heavy (non-hydrogen) atoms. The number of aromatic nitrogens is 3. The molecule has 5 rings (SSSR count). The average Bonchev–Trinajstić information content (AvgIpc) is 3.41. The lowest BCUT2D eigenvalue weighted by Gasteiger charge is -2.33. The van der Waals surface area contributed by atoms with E-state index in [9.17, 15) is 9.90 Å². The van der Waals surface area contributed by atoms with Crippen LogP contribution in [0.4, 0.5) is 0 Å². The molecule has 3 aromatic rings. The van der Waals surface area contributed by atoms with Gasteiger partial charge in [-0.25, -0.2) is 4.98 Å². The zero-order chi connectivity index (χ0) is 18.5. The Bertz CT molecular complexity index is 1010.